The van der Waals surface area contributed by atoms with Crippen LogP contribution in [0, 0.1) is 5.82 Å². The summed E-state index contributed by atoms with van der Waals surface area (Å²) in [5.74, 6) is 0.00509. The Balaban J connectivity index is 1.68. The molecule has 4 rings (SSSR count). The zero-order valence-corrected chi connectivity index (χ0v) is 18.7. The lowest BCUT2D eigenvalue weighted by molar-refractivity contribution is 0.0520. The van der Waals surface area contributed by atoms with Crippen molar-refractivity contribution in [1.29, 1.82) is 0 Å². The molecule has 0 amide bonds. The number of rotatable bonds is 7. The molecule has 2 aromatic carbocycles. The molecule has 10 heteroatoms. The van der Waals surface area contributed by atoms with Gasteiger partial charge in [-0.2, -0.15) is 0 Å². The number of halogens is 2. The summed E-state index contributed by atoms with van der Waals surface area (Å²) in [6.45, 7) is 2.03. The van der Waals surface area contributed by atoms with Crippen LogP contribution in [-0.4, -0.2) is 32.3 Å². The molecule has 0 aliphatic heterocycles. The predicted octanol–water partition coefficient (Wildman–Crippen LogP) is 5.65. The number of thiazole rings is 1. The average molecular weight is 475 g/mol. The van der Waals surface area contributed by atoms with Crippen LogP contribution in [0.4, 0.5) is 4.39 Å². The van der Waals surface area contributed by atoms with Gasteiger partial charge in [0.25, 0.3) is 0 Å². The zero-order valence-electron chi connectivity index (χ0n) is 16.3. The van der Waals surface area contributed by atoms with Crippen molar-refractivity contribution >= 4 is 40.7 Å². The van der Waals surface area contributed by atoms with E-state index >= 15 is 0 Å². The lowest BCUT2D eigenvalue weighted by Crippen LogP contribution is -2.05. The Kier molecular flexibility index (Phi) is 6.64. The first-order valence-electron chi connectivity index (χ1n) is 9.28. The maximum atomic E-state index is 14.7. The van der Waals surface area contributed by atoms with E-state index < -0.39 is 11.8 Å². The lowest BCUT2D eigenvalue weighted by Gasteiger charge is -2.11. The van der Waals surface area contributed by atoms with Crippen molar-refractivity contribution in [3.63, 3.8) is 0 Å². The molecule has 0 saturated heterocycles. The summed E-state index contributed by atoms with van der Waals surface area (Å²) in [6.07, 6.45) is 0. The minimum atomic E-state index is -0.453. The summed E-state index contributed by atoms with van der Waals surface area (Å²) < 4.78 is 21.3. The molecule has 0 aliphatic rings. The fraction of sp³-hybridized carbons (Fsp3) is 0.143. The van der Waals surface area contributed by atoms with Crippen molar-refractivity contribution in [3.8, 4) is 17.1 Å². The third-order valence-corrected chi connectivity index (χ3v) is 6.50. The molecule has 0 saturated carbocycles. The summed E-state index contributed by atoms with van der Waals surface area (Å²) in [5, 5.41) is 11.9. The van der Waals surface area contributed by atoms with E-state index in [9.17, 15) is 9.18 Å². The molecule has 0 spiro atoms. The molecular weight excluding hydrogens is 459 g/mol. The minimum Gasteiger partial charge on any atom is -0.461 e. The first-order chi connectivity index (χ1) is 15.1. The van der Waals surface area contributed by atoms with Crippen LogP contribution in [0.15, 0.2) is 59.1 Å². The van der Waals surface area contributed by atoms with Crippen LogP contribution in [0.5, 0.6) is 0 Å². The third kappa shape index (κ3) is 4.63. The molecule has 2 heterocycles. The Morgan fingerprint density at radius 3 is 2.74 bits per heavy atom. The molecule has 6 nitrogen and oxygen atoms in total. The largest absolute Gasteiger partial charge is 0.461 e. The summed E-state index contributed by atoms with van der Waals surface area (Å²) >= 11 is 9.05. The molecule has 0 unspecified atom stereocenters. The van der Waals surface area contributed by atoms with Crippen molar-refractivity contribution in [1.82, 2.24) is 19.7 Å². The van der Waals surface area contributed by atoms with Gasteiger partial charge in [-0.15, -0.1) is 21.5 Å². The van der Waals surface area contributed by atoms with Gasteiger partial charge in [-0.1, -0.05) is 47.6 Å². The average Bonchev–Trinajstić information content (AvgIpc) is 3.40. The highest BCUT2D eigenvalue weighted by atomic mass is 35.5. The zero-order chi connectivity index (χ0) is 21.8. The van der Waals surface area contributed by atoms with E-state index in [-0.39, 0.29) is 12.3 Å². The molecule has 0 radical (unpaired) electrons. The third-order valence-electron chi connectivity index (χ3n) is 4.20. The van der Waals surface area contributed by atoms with Gasteiger partial charge in [0.2, 0.25) is 0 Å². The van der Waals surface area contributed by atoms with Crippen LogP contribution >= 0.6 is 34.7 Å². The number of hydrogen-bond donors (Lipinski definition) is 0. The summed E-state index contributed by atoms with van der Waals surface area (Å²) in [6, 6.07) is 13.6. The number of nitrogens with zero attached hydrogens (tertiary/aromatic N) is 4. The number of thioether (sulfide) groups is 1. The second-order valence-electron chi connectivity index (χ2n) is 6.21. The summed E-state index contributed by atoms with van der Waals surface area (Å²) in [4.78, 5) is 16.1. The van der Waals surface area contributed by atoms with Gasteiger partial charge >= 0.3 is 5.97 Å². The Morgan fingerprint density at radius 1 is 1.19 bits per heavy atom. The van der Waals surface area contributed by atoms with Crippen molar-refractivity contribution in [3.05, 3.63) is 75.5 Å². The number of aromatic nitrogens is 4. The molecule has 4 aromatic rings. The van der Waals surface area contributed by atoms with Gasteiger partial charge in [-0.05, 0) is 31.2 Å². The van der Waals surface area contributed by atoms with Gasteiger partial charge in [0, 0.05) is 10.9 Å². The van der Waals surface area contributed by atoms with E-state index in [0.29, 0.717) is 33.0 Å². The smallest absolute Gasteiger partial charge is 0.357 e. The van der Waals surface area contributed by atoms with Crippen molar-refractivity contribution in [2.45, 2.75) is 17.8 Å². The van der Waals surface area contributed by atoms with Crippen LogP contribution in [0.1, 0.15) is 22.4 Å². The van der Waals surface area contributed by atoms with Crippen LogP contribution in [0.2, 0.25) is 5.02 Å². The Bertz CT molecular complexity index is 1230. The van der Waals surface area contributed by atoms with Crippen LogP contribution in [0.3, 0.4) is 0 Å². The first kappa shape index (κ1) is 21.5. The van der Waals surface area contributed by atoms with Crippen molar-refractivity contribution in [2.24, 2.45) is 0 Å². The number of carbonyl (C=O) groups is 1. The standard InChI is InChI=1S/C21H16ClFN4O2S2/c1-2-29-20(28)16-11-30-18(24-16)12-31-21-26-25-19(13-7-3-4-8-14(13)22)27(21)17-10-6-5-9-15(17)23/h3-11H,2,12H2,1H3. The van der Waals surface area contributed by atoms with Gasteiger partial charge in [-0.25, -0.2) is 14.2 Å². The van der Waals surface area contributed by atoms with Gasteiger partial charge < -0.3 is 4.74 Å². The summed E-state index contributed by atoms with van der Waals surface area (Å²) in [5.41, 5.74) is 1.23. The normalized spacial score (nSPS) is 10.9. The van der Waals surface area contributed by atoms with E-state index in [1.54, 1.807) is 41.1 Å². The maximum Gasteiger partial charge on any atom is 0.357 e. The molecule has 158 valence electrons. The van der Waals surface area contributed by atoms with Crippen molar-refractivity contribution in [2.75, 3.05) is 6.61 Å². The highest BCUT2D eigenvalue weighted by Crippen LogP contribution is 2.34. The Morgan fingerprint density at radius 2 is 1.97 bits per heavy atom. The fourth-order valence-corrected chi connectivity index (χ4v) is 4.78. The molecule has 0 atom stereocenters. The number of benzene rings is 2. The van der Waals surface area contributed by atoms with Crippen molar-refractivity contribution < 1.29 is 13.9 Å². The van der Waals surface area contributed by atoms with E-state index in [4.69, 9.17) is 16.3 Å². The quantitative estimate of drug-likeness (QED) is 0.254. The molecule has 0 bridgehead atoms. The molecule has 31 heavy (non-hydrogen) atoms. The monoisotopic (exact) mass is 474 g/mol. The number of hydrogen-bond acceptors (Lipinski definition) is 7. The van der Waals surface area contributed by atoms with Crippen LogP contribution in [-0.2, 0) is 10.5 Å². The summed E-state index contributed by atoms with van der Waals surface area (Å²) in [7, 11) is 0. The maximum absolute atomic E-state index is 14.7. The Hall–Kier alpha value is -2.75. The second-order valence-corrected chi connectivity index (χ2v) is 8.50. The molecule has 0 aliphatic carbocycles. The Labute approximate surface area is 191 Å². The molecule has 0 N–H and O–H groups in total. The minimum absolute atomic E-state index is 0.273. The molecule has 2 aromatic heterocycles. The van der Waals surface area contributed by atoms with Crippen LogP contribution < -0.4 is 0 Å². The van der Waals surface area contributed by atoms with Gasteiger partial charge in [-0.3, -0.25) is 4.57 Å². The second kappa shape index (κ2) is 9.59. The van der Waals surface area contributed by atoms with Crippen LogP contribution in [0.25, 0.3) is 17.1 Å². The van der Waals surface area contributed by atoms with E-state index in [1.807, 2.05) is 18.2 Å². The topological polar surface area (TPSA) is 69.9 Å². The fourth-order valence-electron chi connectivity index (χ4n) is 2.83. The van der Waals surface area contributed by atoms with E-state index in [1.165, 1.54) is 29.2 Å². The number of ether oxygens (including phenoxy) is 1. The van der Waals surface area contributed by atoms with Gasteiger partial charge in [0.05, 0.1) is 23.1 Å². The lowest BCUT2D eigenvalue weighted by atomic mass is 10.2. The van der Waals surface area contributed by atoms with Gasteiger partial charge in [0.15, 0.2) is 16.7 Å². The molecule has 0 fully saturated rings. The SMILES string of the molecule is CCOC(=O)c1csc(CSc2nnc(-c3ccccc3Cl)n2-c2ccccc2F)n1. The number of para-hydroxylation sites is 1. The predicted molar refractivity (Wildman–Crippen MR) is 119 cm³/mol. The number of carbonyl (C=O) groups excluding carboxylic acids is 1. The molecular formula is C21H16ClFN4O2S2. The highest BCUT2D eigenvalue weighted by Gasteiger charge is 2.21. The number of esters is 1. The van der Waals surface area contributed by atoms with E-state index in [0.717, 1.165) is 5.01 Å². The first-order valence-corrected chi connectivity index (χ1v) is 11.5. The van der Waals surface area contributed by atoms with Gasteiger partial charge in [0.1, 0.15) is 10.8 Å². The highest BCUT2D eigenvalue weighted by molar-refractivity contribution is 7.98. The van der Waals surface area contributed by atoms with E-state index in [2.05, 4.69) is 15.2 Å².